The summed E-state index contributed by atoms with van der Waals surface area (Å²) in [4.78, 5) is 2.93. The van der Waals surface area contributed by atoms with Gasteiger partial charge >= 0.3 is 18.5 Å². The largest absolute Gasteiger partial charge is 0.416 e. The van der Waals surface area contributed by atoms with Gasteiger partial charge in [-0.2, -0.15) is 39.5 Å². The van der Waals surface area contributed by atoms with Gasteiger partial charge in [0.05, 0.1) is 29.8 Å². The highest BCUT2D eigenvalue weighted by atomic mass is 19.4. The molecule has 4 nitrogen and oxygen atoms in total. The van der Waals surface area contributed by atoms with Crippen molar-refractivity contribution in [3.05, 3.63) is 82.0 Å². The predicted octanol–water partition coefficient (Wildman–Crippen LogP) is 8.26. The van der Waals surface area contributed by atoms with E-state index in [1.807, 2.05) is 0 Å². The Labute approximate surface area is 196 Å². The van der Waals surface area contributed by atoms with Crippen molar-refractivity contribution < 1.29 is 44.0 Å². The molecule has 0 saturated heterocycles. The van der Waals surface area contributed by atoms with Gasteiger partial charge in [-0.05, 0) is 37.3 Å². The lowest BCUT2D eigenvalue weighted by Crippen LogP contribution is -2.11. The number of nitrogens with zero attached hydrogens (tertiary/aromatic N) is 3. The Hall–Kier alpha value is -3.95. The molecule has 188 valence electrons. The van der Waals surface area contributed by atoms with Crippen LogP contribution in [0.3, 0.4) is 0 Å². The summed E-state index contributed by atoms with van der Waals surface area (Å²) in [6, 6.07) is 5.62. The molecule has 0 unspecified atom stereocenters. The van der Waals surface area contributed by atoms with Crippen molar-refractivity contribution >= 4 is 16.6 Å². The lowest BCUT2D eigenvalue weighted by Gasteiger charge is -2.13. The summed E-state index contributed by atoms with van der Waals surface area (Å²) in [6.07, 6.45) is -14.9. The molecular formula is C23H12F9N3O. The molecule has 0 aliphatic heterocycles. The van der Waals surface area contributed by atoms with Crippen LogP contribution in [0, 0.1) is 13.5 Å². The quantitative estimate of drug-likeness (QED) is 0.203. The third kappa shape index (κ3) is 4.62. The summed E-state index contributed by atoms with van der Waals surface area (Å²) in [5.74, 6) is -0.387. The zero-order valence-electron chi connectivity index (χ0n) is 17.9. The van der Waals surface area contributed by atoms with Crippen molar-refractivity contribution in [1.29, 1.82) is 0 Å². The minimum Gasteiger partial charge on any atom is -0.356 e. The number of aromatic nitrogens is 2. The number of halogens is 9. The van der Waals surface area contributed by atoms with E-state index in [1.165, 1.54) is 23.6 Å². The summed E-state index contributed by atoms with van der Waals surface area (Å²) in [7, 11) is 0. The lowest BCUT2D eigenvalue weighted by atomic mass is 10.0. The maximum absolute atomic E-state index is 13.6. The van der Waals surface area contributed by atoms with Crippen LogP contribution in [0.1, 0.15) is 28.1 Å². The van der Waals surface area contributed by atoms with Crippen molar-refractivity contribution in [2.45, 2.75) is 32.0 Å². The van der Waals surface area contributed by atoms with Gasteiger partial charge in [-0.1, -0.05) is 11.2 Å². The van der Waals surface area contributed by atoms with Gasteiger partial charge in [0, 0.05) is 28.2 Å². The van der Waals surface area contributed by atoms with Crippen molar-refractivity contribution in [2.75, 3.05) is 0 Å². The molecule has 0 saturated carbocycles. The summed E-state index contributed by atoms with van der Waals surface area (Å²) < 4.78 is 126. The minimum absolute atomic E-state index is 0.0221. The molecule has 2 aromatic heterocycles. The molecule has 4 aromatic rings. The van der Waals surface area contributed by atoms with E-state index in [9.17, 15) is 39.5 Å². The van der Waals surface area contributed by atoms with Gasteiger partial charge in [0.25, 0.3) is 0 Å². The molecule has 13 heteroatoms. The molecule has 0 spiro atoms. The molecular weight excluding hydrogens is 505 g/mol. The van der Waals surface area contributed by atoms with E-state index in [0.29, 0.717) is 17.8 Å². The molecule has 0 atom stereocenters. The van der Waals surface area contributed by atoms with Crippen LogP contribution in [0.5, 0.6) is 0 Å². The highest BCUT2D eigenvalue weighted by Crippen LogP contribution is 2.43. The third-order valence-electron chi connectivity index (χ3n) is 5.43. The first kappa shape index (κ1) is 25.2. The summed E-state index contributed by atoms with van der Waals surface area (Å²) in [5, 5.41) is 3.44. The number of hydrogen-bond acceptors (Lipinski definition) is 2. The van der Waals surface area contributed by atoms with Crippen molar-refractivity contribution in [3.63, 3.8) is 0 Å². The van der Waals surface area contributed by atoms with Gasteiger partial charge in [0.2, 0.25) is 0 Å². The second-order valence-corrected chi connectivity index (χ2v) is 7.85. The maximum Gasteiger partial charge on any atom is 0.416 e. The van der Waals surface area contributed by atoms with Crippen LogP contribution < -0.4 is 0 Å². The van der Waals surface area contributed by atoms with Crippen molar-refractivity contribution in [2.24, 2.45) is 0 Å². The van der Waals surface area contributed by atoms with E-state index in [-0.39, 0.29) is 35.0 Å². The van der Waals surface area contributed by atoms with Crippen LogP contribution in [0.15, 0.2) is 47.0 Å². The van der Waals surface area contributed by atoms with Crippen LogP contribution in [0.25, 0.3) is 27.1 Å². The Morgan fingerprint density at radius 1 is 0.861 bits per heavy atom. The zero-order chi connectivity index (χ0) is 26.6. The Morgan fingerprint density at radius 3 is 2.00 bits per heavy atom. The molecule has 0 aliphatic carbocycles. The summed E-state index contributed by atoms with van der Waals surface area (Å²) in [5.41, 5.74) is -4.79. The molecule has 0 amide bonds. The molecule has 4 rings (SSSR count). The molecule has 0 bridgehead atoms. The van der Waals surface area contributed by atoms with Crippen LogP contribution in [0.2, 0.25) is 0 Å². The van der Waals surface area contributed by atoms with Crippen molar-refractivity contribution in [3.8, 4) is 11.3 Å². The van der Waals surface area contributed by atoms with Gasteiger partial charge in [-0.25, -0.2) is 4.85 Å². The average Bonchev–Trinajstić information content (AvgIpc) is 3.35. The van der Waals surface area contributed by atoms with Gasteiger partial charge in [0.1, 0.15) is 5.69 Å². The topological polar surface area (TPSA) is 35.3 Å². The minimum atomic E-state index is -5.06. The number of hydrogen-bond donors (Lipinski definition) is 0. The number of benzene rings is 2. The van der Waals surface area contributed by atoms with E-state index >= 15 is 0 Å². The second kappa shape index (κ2) is 8.32. The van der Waals surface area contributed by atoms with Gasteiger partial charge in [0.15, 0.2) is 11.4 Å². The first-order valence-corrected chi connectivity index (χ1v) is 9.92. The molecule has 2 aromatic carbocycles. The Bertz CT molecular complexity index is 1470. The third-order valence-corrected chi connectivity index (χ3v) is 5.43. The number of fused-ring (bicyclic) bond motifs is 1. The van der Waals surface area contributed by atoms with Gasteiger partial charge in [-0.15, -0.1) is 0 Å². The first-order valence-electron chi connectivity index (χ1n) is 9.92. The van der Waals surface area contributed by atoms with E-state index in [0.717, 1.165) is 12.1 Å². The van der Waals surface area contributed by atoms with Crippen molar-refractivity contribution in [1.82, 2.24) is 9.72 Å². The first-order chi connectivity index (χ1) is 16.6. The van der Waals surface area contributed by atoms with Crippen LogP contribution >= 0.6 is 0 Å². The lowest BCUT2D eigenvalue weighted by molar-refractivity contribution is -0.143. The number of rotatable bonds is 3. The van der Waals surface area contributed by atoms with Gasteiger partial charge < -0.3 is 9.09 Å². The zero-order valence-corrected chi connectivity index (χ0v) is 17.9. The normalized spacial score (nSPS) is 12.8. The van der Waals surface area contributed by atoms with Crippen LogP contribution in [-0.2, 0) is 25.1 Å². The fourth-order valence-electron chi connectivity index (χ4n) is 3.84. The number of aryl methyl sites for hydroxylation is 1. The maximum atomic E-state index is 13.6. The molecule has 0 aliphatic rings. The smallest absolute Gasteiger partial charge is 0.356 e. The Morgan fingerprint density at radius 2 is 1.47 bits per heavy atom. The molecule has 0 fully saturated rings. The fourth-order valence-corrected chi connectivity index (χ4v) is 3.84. The average molecular weight is 517 g/mol. The monoisotopic (exact) mass is 517 g/mol. The molecule has 0 radical (unpaired) electrons. The predicted molar refractivity (Wildman–Crippen MR) is 109 cm³/mol. The van der Waals surface area contributed by atoms with Crippen LogP contribution in [-0.4, -0.2) is 9.72 Å². The molecule has 0 N–H and O–H groups in total. The molecule has 2 heterocycles. The number of alkyl halides is 9. The fraction of sp³-hybridized carbons (Fsp3) is 0.217. The van der Waals surface area contributed by atoms with E-state index in [4.69, 9.17) is 11.1 Å². The van der Waals surface area contributed by atoms with Gasteiger partial charge in [-0.3, -0.25) is 0 Å². The summed E-state index contributed by atoms with van der Waals surface area (Å²) >= 11 is 0. The van der Waals surface area contributed by atoms with E-state index in [1.54, 1.807) is 0 Å². The standard InChI is InChI=1S/C23H12F9N3O/c1-11-5-16-18(4-3-17(33-2)20(16)23(30,31)32)35(11)10-15-9-19(36-34-15)12-6-13(21(24,25)26)8-14(7-12)22(27,28)29/h3-9H,10H2,1H3. The highest BCUT2D eigenvalue weighted by Gasteiger charge is 2.38. The Balaban J connectivity index is 1.77. The second-order valence-electron chi connectivity index (χ2n) is 7.85. The Kier molecular flexibility index (Phi) is 5.81. The summed E-state index contributed by atoms with van der Waals surface area (Å²) in [6.45, 7) is 8.33. The van der Waals surface area contributed by atoms with E-state index in [2.05, 4.69) is 10.0 Å². The van der Waals surface area contributed by atoms with Crippen LogP contribution in [0.4, 0.5) is 45.2 Å². The molecule has 36 heavy (non-hydrogen) atoms. The SMILES string of the molecule is [C-]#[N+]c1ccc2c(cc(C)n2Cc2cc(-c3cc(C(F)(F)F)cc(C(F)(F)F)c3)on2)c1C(F)(F)F. The van der Waals surface area contributed by atoms with E-state index < -0.39 is 46.5 Å². The highest BCUT2D eigenvalue weighted by molar-refractivity contribution is 5.90.